The number of nitrogens with zero attached hydrogens (tertiary/aromatic N) is 1. The van der Waals surface area contributed by atoms with E-state index >= 15 is 0 Å². The maximum absolute atomic E-state index is 13.6. The summed E-state index contributed by atoms with van der Waals surface area (Å²) in [5.41, 5.74) is -0.602. The van der Waals surface area contributed by atoms with Crippen molar-refractivity contribution in [2.45, 2.75) is 51.7 Å². The first kappa shape index (κ1) is 17.4. The number of carbonyl (C=O) groups excluding carboxylic acids is 2. The first-order valence-corrected chi connectivity index (χ1v) is 6.59. The van der Waals surface area contributed by atoms with Gasteiger partial charge in [-0.15, -0.1) is 0 Å². The van der Waals surface area contributed by atoms with E-state index in [2.05, 4.69) is 4.74 Å². The topological polar surface area (TPSA) is 55.8 Å². The van der Waals surface area contributed by atoms with Crippen molar-refractivity contribution in [1.29, 1.82) is 0 Å². The zero-order chi connectivity index (χ0) is 16.4. The van der Waals surface area contributed by atoms with Crippen molar-refractivity contribution in [1.82, 2.24) is 4.90 Å². The van der Waals surface area contributed by atoms with Crippen LogP contribution < -0.4 is 0 Å². The van der Waals surface area contributed by atoms with E-state index in [1.807, 2.05) is 0 Å². The highest BCUT2D eigenvalue weighted by atomic mass is 19.3. The number of alkyl halides is 2. The van der Waals surface area contributed by atoms with E-state index in [4.69, 9.17) is 4.74 Å². The minimum atomic E-state index is -3.01. The Bertz CT molecular complexity index is 454. The molecule has 0 spiro atoms. The molecule has 0 unspecified atom stereocenters. The molecule has 1 atom stereocenters. The van der Waals surface area contributed by atoms with Crippen LogP contribution in [0.2, 0.25) is 0 Å². The summed E-state index contributed by atoms with van der Waals surface area (Å²) in [6.45, 7) is 5.70. The van der Waals surface area contributed by atoms with Crippen LogP contribution in [0, 0.1) is 0 Å². The minimum Gasteiger partial charge on any atom is -0.466 e. The molecule has 1 fully saturated rings. The van der Waals surface area contributed by atoms with Gasteiger partial charge in [0.1, 0.15) is 5.60 Å². The van der Waals surface area contributed by atoms with E-state index in [1.165, 1.54) is 20.1 Å². The van der Waals surface area contributed by atoms with E-state index in [0.29, 0.717) is 0 Å². The van der Waals surface area contributed by atoms with Crippen molar-refractivity contribution >= 4 is 12.1 Å². The molecular weight excluding hydrogens is 284 g/mol. The first-order valence-electron chi connectivity index (χ1n) is 6.59. The average molecular weight is 305 g/mol. The van der Waals surface area contributed by atoms with Gasteiger partial charge in [-0.25, -0.2) is 18.4 Å². The third kappa shape index (κ3) is 4.99. The summed E-state index contributed by atoms with van der Waals surface area (Å²) in [4.78, 5) is 24.3. The van der Waals surface area contributed by atoms with Crippen molar-refractivity contribution in [2.24, 2.45) is 0 Å². The van der Waals surface area contributed by atoms with Crippen LogP contribution in [0.3, 0.4) is 0 Å². The molecule has 0 aliphatic carbocycles. The van der Waals surface area contributed by atoms with Crippen molar-refractivity contribution in [3.63, 3.8) is 0 Å². The van der Waals surface area contributed by atoms with Gasteiger partial charge in [-0.2, -0.15) is 0 Å². The molecule has 0 saturated carbocycles. The number of likely N-dealkylation sites (tertiary alicyclic amines) is 1. The predicted octanol–water partition coefficient (Wildman–Crippen LogP) is 2.75. The summed E-state index contributed by atoms with van der Waals surface area (Å²) in [6, 6.07) is -0.894. The SMILES string of the molecule is COC(=O)C(C)=C[C@H]1CC(F)(F)CN1C(=O)OC(C)(C)C. The lowest BCUT2D eigenvalue weighted by Gasteiger charge is -2.27. The van der Waals surface area contributed by atoms with Gasteiger partial charge in [0.15, 0.2) is 0 Å². The number of methoxy groups -OCH3 is 1. The van der Waals surface area contributed by atoms with E-state index in [1.54, 1.807) is 20.8 Å². The molecule has 5 nitrogen and oxygen atoms in total. The lowest BCUT2D eigenvalue weighted by molar-refractivity contribution is -0.136. The van der Waals surface area contributed by atoms with E-state index in [-0.39, 0.29) is 5.57 Å². The van der Waals surface area contributed by atoms with Crippen molar-refractivity contribution in [2.75, 3.05) is 13.7 Å². The summed E-state index contributed by atoms with van der Waals surface area (Å²) < 4.78 is 36.8. The summed E-state index contributed by atoms with van der Waals surface area (Å²) in [5, 5.41) is 0. The molecular formula is C14H21F2NO4. The monoisotopic (exact) mass is 305 g/mol. The van der Waals surface area contributed by atoms with Crippen LogP contribution in [-0.4, -0.2) is 48.2 Å². The molecule has 1 saturated heterocycles. The first-order chi connectivity index (χ1) is 9.45. The van der Waals surface area contributed by atoms with Gasteiger partial charge >= 0.3 is 12.1 Å². The van der Waals surface area contributed by atoms with Crippen LogP contribution in [0.4, 0.5) is 13.6 Å². The number of ether oxygens (including phenoxy) is 2. The number of rotatable bonds is 2. The van der Waals surface area contributed by atoms with Crippen molar-refractivity contribution in [3.8, 4) is 0 Å². The molecule has 21 heavy (non-hydrogen) atoms. The molecule has 1 amide bonds. The number of amides is 1. The van der Waals surface area contributed by atoms with Crippen LogP contribution >= 0.6 is 0 Å². The Morgan fingerprint density at radius 2 is 1.90 bits per heavy atom. The maximum atomic E-state index is 13.6. The molecule has 0 N–H and O–H groups in total. The second kappa shape index (κ2) is 5.99. The minimum absolute atomic E-state index is 0.175. The van der Waals surface area contributed by atoms with Crippen LogP contribution in [0.5, 0.6) is 0 Å². The third-order valence-electron chi connectivity index (χ3n) is 2.89. The smallest absolute Gasteiger partial charge is 0.410 e. The van der Waals surface area contributed by atoms with Crippen LogP contribution in [0.25, 0.3) is 0 Å². The van der Waals surface area contributed by atoms with E-state index in [9.17, 15) is 18.4 Å². The Balaban J connectivity index is 2.94. The number of hydrogen-bond donors (Lipinski definition) is 0. The fourth-order valence-corrected chi connectivity index (χ4v) is 2.03. The zero-order valence-corrected chi connectivity index (χ0v) is 12.9. The number of halogens is 2. The highest BCUT2D eigenvalue weighted by molar-refractivity contribution is 5.87. The van der Waals surface area contributed by atoms with Gasteiger partial charge in [-0.1, -0.05) is 6.08 Å². The molecule has 0 aromatic carbocycles. The molecule has 0 radical (unpaired) electrons. The highest BCUT2D eigenvalue weighted by Gasteiger charge is 2.47. The van der Waals surface area contributed by atoms with Gasteiger partial charge in [0, 0.05) is 12.0 Å². The Labute approximate surface area is 122 Å². The molecule has 120 valence electrons. The molecule has 7 heteroatoms. The standard InChI is InChI=1S/C14H21F2NO4/c1-9(11(18)20-5)6-10-7-14(15,16)8-17(10)12(19)21-13(2,3)4/h6,10H,7-8H2,1-5H3/t10-/m0/s1. The summed E-state index contributed by atoms with van der Waals surface area (Å²) in [7, 11) is 1.20. The lowest BCUT2D eigenvalue weighted by atomic mass is 10.1. The summed E-state index contributed by atoms with van der Waals surface area (Å²) in [6.07, 6.45) is -0.0457. The quantitative estimate of drug-likeness (QED) is 0.581. The molecule has 0 aromatic heterocycles. The number of carbonyl (C=O) groups is 2. The largest absolute Gasteiger partial charge is 0.466 e. The lowest BCUT2D eigenvalue weighted by Crippen LogP contribution is -2.40. The summed E-state index contributed by atoms with van der Waals surface area (Å²) in [5.74, 6) is -3.62. The van der Waals surface area contributed by atoms with Crippen LogP contribution in [-0.2, 0) is 14.3 Å². The fraction of sp³-hybridized carbons (Fsp3) is 0.714. The summed E-state index contributed by atoms with van der Waals surface area (Å²) >= 11 is 0. The van der Waals surface area contributed by atoms with Crippen molar-refractivity contribution < 1.29 is 27.8 Å². The van der Waals surface area contributed by atoms with Gasteiger partial charge in [-0.05, 0) is 27.7 Å². The Kier molecular flexibility index (Phi) is 4.96. The van der Waals surface area contributed by atoms with Gasteiger partial charge in [0.25, 0.3) is 5.92 Å². The molecule has 1 rings (SSSR count). The Hall–Kier alpha value is -1.66. The second-order valence-electron chi connectivity index (χ2n) is 6.08. The van der Waals surface area contributed by atoms with Gasteiger partial charge in [-0.3, -0.25) is 4.90 Å². The van der Waals surface area contributed by atoms with Crippen LogP contribution in [0.15, 0.2) is 11.6 Å². The van der Waals surface area contributed by atoms with Gasteiger partial charge in [0.2, 0.25) is 0 Å². The molecule has 0 aromatic rings. The maximum Gasteiger partial charge on any atom is 0.410 e. The zero-order valence-electron chi connectivity index (χ0n) is 12.9. The second-order valence-corrected chi connectivity index (χ2v) is 6.08. The number of esters is 1. The fourth-order valence-electron chi connectivity index (χ4n) is 2.03. The molecule has 0 bridgehead atoms. The number of hydrogen-bond acceptors (Lipinski definition) is 4. The normalized spacial score (nSPS) is 22.1. The van der Waals surface area contributed by atoms with E-state index < -0.39 is 42.6 Å². The van der Waals surface area contributed by atoms with Gasteiger partial charge in [0.05, 0.1) is 19.7 Å². The average Bonchev–Trinajstić information content (AvgIpc) is 2.61. The Morgan fingerprint density at radius 3 is 2.38 bits per heavy atom. The van der Waals surface area contributed by atoms with Crippen LogP contribution in [0.1, 0.15) is 34.1 Å². The predicted molar refractivity (Wildman–Crippen MR) is 72.1 cm³/mol. The third-order valence-corrected chi connectivity index (χ3v) is 2.89. The van der Waals surface area contributed by atoms with E-state index in [0.717, 1.165) is 4.90 Å². The molecule has 1 aliphatic rings. The highest BCUT2D eigenvalue weighted by Crippen LogP contribution is 2.34. The molecule has 1 heterocycles. The van der Waals surface area contributed by atoms with Gasteiger partial charge < -0.3 is 9.47 Å². The van der Waals surface area contributed by atoms with Crippen molar-refractivity contribution in [3.05, 3.63) is 11.6 Å². The Morgan fingerprint density at radius 1 is 1.33 bits per heavy atom. The molecule has 1 aliphatic heterocycles.